The van der Waals surface area contributed by atoms with Gasteiger partial charge in [0, 0.05) is 5.56 Å². The number of nitro benzene ring substituents is 1. The van der Waals surface area contributed by atoms with Crippen LogP contribution in [0.4, 0.5) is 5.69 Å². The van der Waals surface area contributed by atoms with Gasteiger partial charge < -0.3 is 9.84 Å². The zero-order valence-corrected chi connectivity index (χ0v) is 9.76. The summed E-state index contributed by atoms with van der Waals surface area (Å²) in [4.78, 5) is 20.9. The van der Waals surface area contributed by atoms with Crippen molar-refractivity contribution in [1.29, 1.82) is 0 Å². The zero-order valence-electron chi connectivity index (χ0n) is 9.76. The van der Waals surface area contributed by atoms with Crippen LogP contribution in [0.15, 0.2) is 12.1 Å². The Morgan fingerprint density at radius 3 is 2.47 bits per heavy atom. The van der Waals surface area contributed by atoms with Gasteiger partial charge in [-0.25, -0.2) is 4.79 Å². The Morgan fingerprint density at radius 1 is 1.41 bits per heavy atom. The minimum Gasteiger partial charge on any atom is -0.479 e. The van der Waals surface area contributed by atoms with Gasteiger partial charge in [-0.15, -0.1) is 0 Å². The molecule has 1 aromatic carbocycles. The Kier molecular flexibility index (Phi) is 3.67. The molecule has 1 atom stereocenters. The molecule has 0 unspecified atom stereocenters. The summed E-state index contributed by atoms with van der Waals surface area (Å²) in [7, 11) is 0. The van der Waals surface area contributed by atoms with Gasteiger partial charge in [0.25, 0.3) is 5.69 Å². The van der Waals surface area contributed by atoms with Crippen LogP contribution in [0.25, 0.3) is 0 Å². The maximum Gasteiger partial charge on any atom is 0.344 e. The highest BCUT2D eigenvalue weighted by Crippen LogP contribution is 2.28. The number of nitrogens with zero attached hydrogens (tertiary/aromatic N) is 1. The van der Waals surface area contributed by atoms with Crippen LogP contribution in [0.3, 0.4) is 0 Å². The monoisotopic (exact) mass is 239 g/mol. The summed E-state index contributed by atoms with van der Waals surface area (Å²) in [5, 5.41) is 19.4. The Hall–Kier alpha value is -2.11. The predicted molar refractivity (Wildman–Crippen MR) is 60.3 cm³/mol. The van der Waals surface area contributed by atoms with Crippen molar-refractivity contribution in [1.82, 2.24) is 0 Å². The van der Waals surface area contributed by atoms with E-state index in [9.17, 15) is 14.9 Å². The standard InChI is InChI=1S/C11H13NO5/c1-6-4-7(2)10(5-9(6)12(15)16)17-8(3)11(13)14/h4-5,8H,1-3H3,(H,13,14)/t8-/m0/s1. The SMILES string of the molecule is Cc1cc(C)c([N+](=O)[O-])cc1O[C@@H](C)C(=O)O. The zero-order chi connectivity index (χ0) is 13.2. The van der Waals surface area contributed by atoms with Crippen LogP contribution in [-0.4, -0.2) is 22.1 Å². The summed E-state index contributed by atoms with van der Waals surface area (Å²) < 4.78 is 5.15. The van der Waals surface area contributed by atoms with Crippen molar-refractivity contribution in [3.63, 3.8) is 0 Å². The molecular formula is C11H13NO5. The van der Waals surface area contributed by atoms with E-state index >= 15 is 0 Å². The van der Waals surface area contributed by atoms with Crippen LogP contribution < -0.4 is 4.74 Å². The van der Waals surface area contributed by atoms with Crippen molar-refractivity contribution in [2.45, 2.75) is 26.9 Å². The topological polar surface area (TPSA) is 89.7 Å². The molecule has 6 nitrogen and oxygen atoms in total. The van der Waals surface area contributed by atoms with E-state index in [4.69, 9.17) is 9.84 Å². The second kappa shape index (κ2) is 4.82. The van der Waals surface area contributed by atoms with E-state index < -0.39 is 17.0 Å². The molecule has 0 spiro atoms. The number of carboxylic acid groups (broad SMARTS) is 1. The van der Waals surface area contributed by atoms with E-state index in [1.165, 1.54) is 13.0 Å². The highest BCUT2D eigenvalue weighted by atomic mass is 16.6. The summed E-state index contributed by atoms with van der Waals surface area (Å²) in [6.45, 7) is 4.70. The molecule has 6 heteroatoms. The van der Waals surface area contributed by atoms with Gasteiger partial charge in [0.05, 0.1) is 11.0 Å². The lowest BCUT2D eigenvalue weighted by Gasteiger charge is -2.13. The third kappa shape index (κ3) is 2.93. The fourth-order valence-corrected chi connectivity index (χ4v) is 1.39. The number of carboxylic acids is 1. The highest BCUT2D eigenvalue weighted by Gasteiger charge is 2.18. The summed E-state index contributed by atoms with van der Waals surface area (Å²) in [5.41, 5.74) is 1.10. The molecule has 0 radical (unpaired) electrons. The van der Waals surface area contributed by atoms with Gasteiger partial charge >= 0.3 is 5.97 Å². The molecule has 0 aliphatic heterocycles. The minimum absolute atomic E-state index is 0.0804. The van der Waals surface area contributed by atoms with Crippen LogP contribution >= 0.6 is 0 Å². The van der Waals surface area contributed by atoms with Crippen LogP contribution in [0.2, 0.25) is 0 Å². The molecule has 17 heavy (non-hydrogen) atoms. The largest absolute Gasteiger partial charge is 0.479 e. The molecule has 0 bridgehead atoms. The molecule has 1 aromatic rings. The highest BCUT2D eigenvalue weighted by molar-refractivity contribution is 5.72. The number of hydrogen-bond acceptors (Lipinski definition) is 4. The van der Waals surface area contributed by atoms with Crippen LogP contribution in [0, 0.1) is 24.0 Å². The lowest BCUT2D eigenvalue weighted by atomic mass is 10.1. The van der Waals surface area contributed by atoms with Crippen molar-refractivity contribution in [2.75, 3.05) is 0 Å². The van der Waals surface area contributed by atoms with Crippen LogP contribution in [-0.2, 0) is 4.79 Å². The van der Waals surface area contributed by atoms with Gasteiger partial charge in [-0.05, 0) is 32.4 Å². The first-order valence-corrected chi connectivity index (χ1v) is 4.98. The van der Waals surface area contributed by atoms with Crippen LogP contribution in [0.5, 0.6) is 5.75 Å². The first-order valence-electron chi connectivity index (χ1n) is 4.98. The van der Waals surface area contributed by atoms with Gasteiger partial charge in [-0.1, -0.05) is 0 Å². The Morgan fingerprint density at radius 2 is 2.00 bits per heavy atom. The van der Waals surface area contributed by atoms with Gasteiger partial charge in [-0.3, -0.25) is 10.1 Å². The predicted octanol–water partition coefficient (Wildman–Crippen LogP) is 2.06. The lowest BCUT2D eigenvalue weighted by Crippen LogP contribution is -2.23. The fourth-order valence-electron chi connectivity index (χ4n) is 1.39. The number of ether oxygens (including phenoxy) is 1. The van der Waals surface area contributed by atoms with Crippen molar-refractivity contribution in [2.24, 2.45) is 0 Å². The minimum atomic E-state index is -1.12. The average molecular weight is 239 g/mol. The third-order valence-electron chi connectivity index (χ3n) is 2.34. The van der Waals surface area contributed by atoms with E-state index in [0.29, 0.717) is 11.1 Å². The molecule has 1 rings (SSSR count). The molecular weight excluding hydrogens is 226 g/mol. The van der Waals surface area contributed by atoms with Gasteiger partial charge in [0.2, 0.25) is 0 Å². The summed E-state index contributed by atoms with van der Waals surface area (Å²) >= 11 is 0. The smallest absolute Gasteiger partial charge is 0.344 e. The number of aliphatic carboxylic acids is 1. The quantitative estimate of drug-likeness (QED) is 0.641. The Bertz CT molecular complexity index is 469. The number of hydrogen-bond donors (Lipinski definition) is 1. The van der Waals surface area contributed by atoms with E-state index in [2.05, 4.69) is 0 Å². The maximum absolute atomic E-state index is 10.7. The Balaban J connectivity index is 3.12. The fraction of sp³-hybridized carbons (Fsp3) is 0.364. The first-order chi connectivity index (χ1) is 7.82. The molecule has 0 aliphatic carbocycles. The average Bonchev–Trinajstić information content (AvgIpc) is 2.21. The van der Waals surface area contributed by atoms with E-state index in [-0.39, 0.29) is 11.4 Å². The van der Waals surface area contributed by atoms with E-state index in [0.717, 1.165) is 0 Å². The molecule has 0 heterocycles. The van der Waals surface area contributed by atoms with Gasteiger partial charge in [0.15, 0.2) is 6.10 Å². The molecule has 1 N–H and O–H groups in total. The van der Waals surface area contributed by atoms with Gasteiger partial charge in [0.1, 0.15) is 5.75 Å². The molecule has 0 saturated heterocycles. The van der Waals surface area contributed by atoms with Gasteiger partial charge in [-0.2, -0.15) is 0 Å². The summed E-state index contributed by atoms with van der Waals surface area (Å²) in [5.74, 6) is -0.898. The Labute approximate surface area is 98.0 Å². The molecule has 0 aliphatic rings. The number of aryl methyl sites for hydroxylation is 2. The van der Waals surface area contributed by atoms with Crippen molar-refractivity contribution in [3.8, 4) is 5.75 Å². The molecule has 0 saturated carbocycles. The van der Waals surface area contributed by atoms with E-state index in [1.807, 2.05) is 0 Å². The molecule has 92 valence electrons. The first kappa shape index (κ1) is 13.0. The van der Waals surface area contributed by atoms with Crippen molar-refractivity contribution >= 4 is 11.7 Å². The third-order valence-corrected chi connectivity index (χ3v) is 2.34. The van der Waals surface area contributed by atoms with Crippen molar-refractivity contribution in [3.05, 3.63) is 33.4 Å². The van der Waals surface area contributed by atoms with Crippen LogP contribution in [0.1, 0.15) is 18.1 Å². The molecule has 0 amide bonds. The second-order valence-electron chi connectivity index (χ2n) is 3.76. The summed E-state index contributed by atoms with van der Waals surface area (Å²) in [6, 6.07) is 2.85. The van der Waals surface area contributed by atoms with Crippen molar-refractivity contribution < 1.29 is 19.6 Å². The normalized spacial score (nSPS) is 11.9. The van der Waals surface area contributed by atoms with E-state index in [1.54, 1.807) is 19.9 Å². The molecule has 0 aromatic heterocycles. The number of nitro groups is 1. The molecule has 0 fully saturated rings. The number of benzene rings is 1. The maximum atomic E-state index is 10.7. The summed E-state index contributed by atoms with van der Waals surface area (Å²) in [6.07, 6.45) is -1.05. The number of rotatable bonds is 4. The number of carbonyl (C=O) groups is 1. The lowest BCUT2D eigenvalue weighted by molar-refractivity contribution is -0.385. The second-order valence-corrected chi connectivity index (χ2v) is 3.76.